The van der Waals surface area contributed by atoms with Crippen molar-refractivity contribution in [2.45, 2.75) is 45.1 Å². The second-order valence-corrected chi connectivity index (χ2v) is 5.45. The Morgan fingerprint density at radius 3 is 2.79 bits per heavy atom. The van der Waals surface area contributed by atoms with Gasteiger partial charge in [0.2, 0.25) is 0 Å². The van der Waals surface area contributed by atoms with Crippen LogP contribution in [0.2, 0.25) is 0 Å². The molecule has 0 spiro atoms. The van der Waals surface area contributed by atoms with Gasteiger partial charge in [0.05, 0.1) is 11.3 Å². The van der Waals surface area contributed by atoms with Crippen molar-refractivity contribution in [3.05, 3.63) is 11.1 Å². The van der Waals surface area contributed by atoms with Crippen LogP contribution in [0.4, 0.5) is 0 Å². The number of rotatable bonds is 2. The van der Waals surface area contributed by atoms with Crippen molar-refractivity contribution < 1.29 is 5.11 Å². The minimum absolute atomic E-state index is 0.0105. The first-order valence-corrected chi connectivity index (χ1v) is 5.85. The molecule has 0 bridgehead atoms. The third kappa shape index (κ3) is 1.57. The van der Waals surface area contributed by atoms with E-state index in [1.165, 1.54) is 11.5 Å². The summed E-state index contributed by atoms with van der Waals surface area (Å²) in [6, 6.07) is 0. The van der Waals surface area contributed by atoms with Gasteiger partial charge in [0.1, 0.15) is 0 Å². The summed E-state index contributed by atoms with van der Waals surface area (Å²) in [5.41, 5.74) is 0.354. The lowest BCUT2D eigenvalue weighted by molar-refractivity contribution is -0.0426. The van der Waals surface area contributed by atoms with Crippen molar-refractivity contribution in [2.24, 2.45) is 5.41 Å². The minimum Gasteiger partial charge on any atom is -0.389 e. The van der Waals surface area contributed by atoms with E-state index in [1.807, 2.05) is 5.38 Å². The number of hydrogen-bond acceptors (Lipinski definition) is 4. The molecule has 1 heterocycles. The summed E-state index contributed by atoms with van der Waals surface area (Å²) in [4.78, 5) is 0. The van der Waals surface area contributed by atoms with Crippen LogP contribution in [0.3, 0.4) is 0 Å². The average molecular weight is 212 g/mol. The summed E-state index contributed by atoms with van der Waals surface area (Å²) in [6.45, 7) is 4.28. The maximum Gasteiger partial charge on any atom is 0.0784 e. The van der Waals surface area contributed by atoms with Crippen LogP contribution in [0.5, 0.6) is 0 Å². The molecule has 0 aliphatic heterocycles. The smallest absolute Gasteiger partial charge is 0.0784 e. The molecule has 1 aromatic heterocycles. The zero-order chi connectivity index (χ0) is 10.2. The molecule has 2 rings (SSSR count). The minimum atomic E-state index is -0.581. The van der Waals surface area contributed by atoms with Crippen LogP contribution in [0, 0.1) is 5.41 Å². The second kappa shape index (κ2) is 3.28. The van der Waals surface area contributed by atoms with E-state index in [4.69, 9.17) is 0 Å². The van der Waals surface area contributed by atoms with Crippen LogP contribution >= 0.6 is 11.5 Å². The van der Waals surface area contributed by atoms with Gasteiger partial charge in [0, 0.05) is 11.8 Å². The monoisotopic (exact) mass is 212 g/mol. The fraction of sp³-hybridized carbons (Fsp3) is 0.800. The van der Waals surface area contributed by atoms with Gasteiger partial charge in [-0.2, -0.15) is 0 Å². The van der Waals surface area contributed by atoms with E-state index in [9.17, 15) is 5.11 Å². The van der Waals surface area contributed by atoms with E-state index in [1.54, 1.807) is 0 Å². The summed E-state index contributed by atoms with van der Waals surface area (Å²) < 4.78 is 3.82. The van der Waals surface area contributed by atoms with Gasteiger partial charge in [-0.15, -0.1) is 5.10 Å². The maximum atomic E-state index is 10.5. The Kier molecular flexibility index (Phi) is 2.35. The van der Waals surface area contributed by atoms with E-state index in [-0.39, 0.29) is 5.41 Å². The number of hydrogen-bond donors (Lipinski definition) is 1. The maximum absolute atomic E-state index is 10.5. The van der Waals surface area contributed by atoms with Crippen LogP contribution in [0.1, 0.15) is 38.8 Å². The normalized spacial score (nSPS) is 30.8. The predicted octanol–water partition coefficient (Wildman–Crippen LogP) is 2.02. The zero-order valence-electron chi connectivity index (χ0n) is 8.66. The molecule has 1 aromatic rings. The lowest BCUT2D eigenvalue weighted by Gasteiger charge is -2.36. The van der Waals surface area contributed by atoms with Crippen molar-refractivity contribution in [1.82, 2.24) is 9.59 Å². The molecule has 1 aliphatic carbocycles. The lowest BCUT2D eigenvalue weighted by Crippen LogP contribution is -2.41. The van der Waals surface area contributed by atoms with Crippen molar-refractivity contribution >= 4 is 11.5 Å². The molecular formula is C10H16N2OS. The highest BCUT2D eigenvalue weighted by molar-refractivity contribution is 7.03. The highest BCUT2D eigenvalue weighted by Gasteiger charge is 2.47. The third-order valence-corrected chi connectivity index (χ3v) is 4.08. The molecule has 1 atom stereocenters. The molecule has 0 aromatic carbocycles. The van der Waals surface area contributed by atoms with Crippen molar-refractivity contribution in [3.63, 3.8) is 0 Å². The number of aliphatic hydroxyl groups is 1. The van der Waals surface area contributed by atoms with Crippen LogP contribution < -0.4 is 0 Å². The number of nitrogens with zero attached hydrogens (tertiary/aromatic N) is 2. The summed E-state index contributed by atoms with van der Waals surface area (Å²) in [5, 5.41) is 16.4. The molecule has 78 valence electrons. The molecule has 4 heteroatoms. The average Bonchev–Trinajstić information content (AvgIpc) is 2.63. The van der Waals surface area contributed by atoms with Crippen molar-refractivity contribution in [1.29, 1.82) is 0 Å². The summed E-state index contributed by atoms with van der Waals surface area (Å²) in [6.07, 6.45) is 3.75. The van der Waals surface area contributed by atoms with Gasteiger partial charge in [-0.3, -0.25) is 0 Å². The van der Waals surface area contributed by atoms with E-state index < -0.39 is 5.60 Å². The Labute approximate surface area is 88.3 Å². The Hall–Kier alpha value is -0.480. The molecule has 1 unspecified atom stereocenters. The van der Waals surface area contributed by atoms with Gasteiger partial charge >= 0.3 is 0 Å². The molecule has 0 amide bonds. The Morgan fingerprint density at radius 2 is 2.29 bits per heavy atom. The molecular weight excluding hydrogens is 196 g/mol. The van der Waals surface area contributed by atoms with Crippen LogP contribution in [-0.2, 0) is 6.42 Å². The Balaban J connectivity index is 2.17. The molecule has 0 saturated heterocycles. The summed E-state index contributed by atoms with van der Waals surface area (Å²) in [7, 11) is 0. The first-order chi connectivity index (χ1) is 6.54. The first kappa shape index (κ1) is 10.1. The third-order valence-electron chi connectivity index (χ3n) is 3.53. The van der Waals surface area contributed by atoms with E-state index >= 15 is 0 Å². The standard InChI is InChI=1S/C10H16N2OS/c1-9(2)4-3-5-10(9,13)6-8-7-14-12-11-8/h7,13H,3-6H2,1-2H3. The molecule has 1 saturated carbocycles. The summed E-state index contributed by atoms with van der Waals surface area (Å²) in [5.74, 6) is 0. The zero-order valence-corrected chi connectivity index (χ0v) is 9.47. The van der Waals surface area contributed by atoms with Gasteiger partial charge in [-0.05, 0) is 36.2 Å². The fourth-order valence-electron chi connectivity index (χ4n) is 2.28. The van der Waals surface area contributed by atoms with E-state index in [0.717, 1.165) is 25.0 Å². The van der Waals surface area contributed by atoms with Gasteiger partial charge in [-0.25, -0.2) is 0 Å². The predicted molar refractivity (Wildman–Crippen MR) is 56.2 cm³/mol. The van der Waals surface area contributed by atoms with E-state index in [2.05, 4.69) is 23.4 Å². The first-order valence-electron chi connectivity index (χ1n) is 5.02. The van der Waals surface area contributed by atoms with Crippen LogP contribution in [-0.4, -0.2) is 20.3 Å². The fourth-order valence-corrected chi connectivity index (χ4v) is 2.73. The van der Waals surface area contributed by atoms with Crippen LogP contribution in [0.25, 0.3) is 0 Å². The molecule has 1 aliphatic rings. The lowest BCUT2D eigenvalue weighted by atomic mass is 9.75. The molecule has 1 fully saturated rings. The Morgan fingerprint density at radius 1 is 1.50 bits per heavy atom. The topological polar surface area (TPSA) is 46.0 Å². The highest BCUT2D eigenvalue weighted by Crippen LogP contribution is 2.47. The molecule has 3 nitrogen and oxygen atoms in total. The van der Waals surface area contributed by atoms with Gasteiger partial charge in [-0.1, -0.05) is 18.3 Å². The van der Waals surface area contributed by atoms with Gasteiger partial charge in [0.15, 0.2) is 0 Å². The van der Waals surface area contributed by atoms with Gasteiger partial charge in [0.25, 0.3) is 0 Å². The van der Waals surface area contributed by atoms with Crippen LogP contribution in [0.15, 0.2) is 5.38 Å². The van der Waals surface area contributed by atoms with Crippen molar-refractivity contribution in [3.8, 4) is 0 Å². The SMILES string of the molecule is CC1(C)CCCC1(O)Cc1csnn1. The molecule has 14 heavy (non-hydrogen) atoms. The summed E-state index contributed by atoms with van der Waals surface area (Å²) >= 11 is 1.35. The molecule has 1 N–H and O–H groups in total. The number of aromatic nitrogens is 2. The van der Waals surface area contributed by atoms with E-state index in [0.29, 0.717) is 6.42 Å². The highest BCUT2D eigenvalue weighted by atomic mass is 32.1. The quantitative estimate of drug-likeness (QED) is 0.815. The molecule has 0 radical (unpaired) electrons. The largest absolute Gasteiger partial charge is 0.389 e. The second-order valence-electron chi connectivity index (χ2n) is 4.84. The Bertz CT molecular complexity index is 310. The van der Waals surface area contributed by atoms with Gasteiger partial charge < -0.3 is 5.11 Å². The van der Waals surface area contributed by atoms with Crippen molar-refractivity contribution in [2.75, 3.05) is 0 Å².